The van der Waals surface area contributed by atoms with Crippen LogP contribution in [0.5, 0.6) is 0 Å². The van der Waals surface area contributed by atoms with Gasteiger partial charge in [0.1, 0.15) is 11.6 Å². The molecule has 8 heteroatoms. The van der Waals surface area contributed by atoms with Gasteiger partial charge < -0.3 is 4.90 Å². The minimum Gasteiger partial charge on any atom is -0.311 e. The summed E-state index contributed by atoms with van der Waals surface area (Å²) in [6.45, 7) is 2.37. The van der Waals surface area contributed by atoms with Gasteiger partial charge in [-0.15, -0.1) is 0 Å². The lowest BCUT2D eigenvalue weighted by Gasteiger charge is -2.26. The van der Waals surface area contributed by atoms with Gasteiger partial charge in [0.2, 0.25) is 5.91 Å². The molecule has 4 rings (SSSR count). The molecule has 2 heterocycles. The first-order valence-electron chi connectivity index (χ1n) is 8.24. The Kier molecular flexibility index (Phi) is 3.76. The standard InChI is InChI=1S/C18H16F2N2O3S/c1-10-14-9-13(7-11-3-2-6-22(17(11)14)18(10)23)26(24,25)21-16-8-12(19)4-5-15(16)20/h4-5,7-10,21H,2-3,6H2,1H3/t10-/m0/s1. The molecule has 2 aliphatic rings. The Morgan fingerprint density at radius 2 is 1.96 bits per heavy atom. The zero-order valence-electron chi connectivity index (χ0n) is 13.9. The third-order valence-electron chi connectivity index (χ3n) is 4.88. The number of rotatable bonds is 3. The third-order valence-corrected chi connectivity index (χ3v) is 6.22. The van der Waals surface area contributed by atoms with Gasteiger partial charge in [0.05, 0.1) is 22.2 Å². The van der Waals surface area contributed by atoms with Crippen LogP contribution in [0.3, 0.4) is 0 Å². The molecule has 0 saturated carbocycles. The van der Waals surface area contributed by atoms with Crippen molar-refractivity contribution in [1.82, 2.24) is 0 Å². The quantitative estimate of drug-likeness (QED) is 0.892. The normalized spacial score (nSPS) is 18.8. The zero-order chi connectivity index (χ0) is 18.6. The molecule has 0 unspecified atom stereocenters. The molecule has 0 saturated heterocycles. The molecule has 1 N–H and O–H groups in total. The molecule has 0 bridgehead atoms. The van der Waals surface area contributed by atoms with E-state index in [1.807, 2.05) is 0 Å². The number of anilines is 2. The van der Waals surface area contributed by atoms with Crippen molar-refractivity contribution in [2.75, 3.05) is 16.2 Å². The Bertz CT molecular complexity index is 1040. The maximum Gasteiger partial charge on any atom is 0.262 e. The predicted molar refractivity (Wildman–Crippen MR) is 92.7 cm³/mol. The average molecular weight is 378 g/mol. The number of carbonyl (C=O) groups excluding carboxylic acids is 1. The summed E-state index contributed by atoms with van der Waals surface area (Å²) >= 11 is 0. The fourth-order valence-corrected chi connectivity index (χ4v) is 4.74. The van der Waals surface area contributed by atoms with Gasteiger partial charge in [-0.25, -0.2) is 17.2 Å². The largest absolute Gasteiger partial charge is 0.311 e. The first kappa shape index (κ1) is 17.0. The number of amides is 1. The van der Waals surface area contributed by atoms with Crippen molar-refractivity contribution >= 4 is 27.3 Å². The Hall–Kier alpha value is -2.48. The van der Waals surface area contributed by atoms with E-state index in [9.17, 15) is 22.0 Å². The molecule has 0 spiro atoms. The van der Waals surface area contributed by atoms with Crippen LogP contribution in [-0.2, 0) is 21.2 Å². The van der Waals surface area contributed by atoms with Crippen LogP contribution in [0.2, 0.25) is 0 Å². The molecule has 136 valence electrons. The summed E-state index contributed by atoms with van der Waals surface area (Å²) in [7, 11) is -4.13. The maximum atomic E-state index is 13.8. The Balaban J connectivity index is 1.79. The van der Waals surface area contributed by atoms with E-state index in [2.05, 4.69) is 4.72 Å². The number of benzene rings is 2. The Morgan fingerprint density at radius 1 is 1.19 bits per heavy atom. The van der Waals surface area contributed by atoms with Crippen molar-refractivity contribution in [3.05, 3.63) is 53.1 Å². The molecule has 0 radical (unpaired) electrons. The van der Waals surface area contributed by atoms with Crippen LogP contribution in [-0.4, -0.2) is 20.9 Å². The van der Waals surface area contributed by atoms with E-state index in [0.29, 0.717) is 18.5 Å². The fraction of sp³-hybridized carbons (Fsp3) is 0.278. The minimum absolute atomic E-state index is 0.0420. The van der Waals surface area contributed by atoms with Gasteiger partial charge in [-0.3, -0.25) is 9.52 Å². The lowest BCUT2D eigenvalue weighted by atomic mass is 9.97. The van der Waals surface area contributed by atoms with Crippen LogP contribution in [0.15, 0.2) is 35.2 Å². The highest BCUT2D eigenvalue weighted by Crippen LogP contribution is 2.44. The topological polar surface area (TPSA) is 66.5 Å². The van der Waals surface area contributed by atoms with Crippen molar-refractivity contribution in [1.29, 1.82) is 0 Å². The average Bonchev–Trinajstić information content (AvgIpc) is 2.85. The highest BCUT2D eigenvalue weighted by Gasteiger charge is 2.38. The zero-order valence-corrected chi connectivity index (χ0v) is 14.7. The van der Waals surface area contributed by atoms with Gasteiger partial charge in [0.15, 0.2) is 0 Å². The van der Waals surface area contributed by atoms with Crippen LogP contribution in [0.4, 0.5) is 20.2 Å². The van der Waals surface area contributed by atoms with Gasteiger partial charge in [-0.1, -0.05) is 0 Å². The van der Waals surface area contributed by atoms with Crippen molar-refractivity contribution in [2.24, 2.45) is 0 Å². The number of sulfonamides is 1. The summed E-state index contributed by atoms with van der Waals surface area (Å²) in [5.41, 5.74) is 1.79. The maximum absolute atomic E-state index is 13.8. The van der Waals surface area contributed by atoms with Crippen molar-refractivity contribution < 1.29 is 22.0 Å². The van der Waals surface area contributed by atoms with Crippen molar-refractivity contribution in [3.63, 3.8) is 0 Å². The molecule has 1 amide bonds. The molecule has 26 heavy (non-hydrogen) atoms. The molecule has 2 aromatic carbocycles. The molecular weight excluding hydrogens is 362 g/mol. The number of hydrogen-bond donors (Lipinski definition) is 1. The second kappa shape index (κ2) is 5.77. The summed E-state index contributed by atoms with van der Waals surface area (Å²) in [6.07, 6.45) is 1.41. The number of halogens is 2. The highest BCUT2D eigenvalue weighted by molar-refractivity contribution is 7.92. The monoisotopic (exact) mass is 378 g/mol. The van der Waals surface area contributed by atoms with E-state index in [0.717, 1.165) is 35.9 Å². The van der Waals surface area contributed by atoms with E-state index >= 15 is 0 Å². The van der Waals surface area contributed by atoms with E-state index < -0.39 is 33.3 Å². The van der Waals surface area contributed by atoms with Gasteiger partial charge in [0, 0.05) is 12.6 Å². The van der Waals surface area contributed by atoms with E-state index in [4.69, 9.17) is 0 Å². The number of hydrogen-bond acceptors (Lipinski definition) is 3. The molecule has 0 fully saturated rings. The molecule has 5 nitrogen and oxygen atoms in total. The summed E-state index contributed by atoms with van der Waals surface area (Å²) in [6, 6.07) is 5.52. The van der Waals surface area contributed by atoms with Gasteiger partial charge >= 0.3 is 0 Å². The fourth-order valence-electron chi connectivity index (χ4n) is 3.60. The summed E-state index contributed by atoms with van der Waals surface area (Å²) in [4.78, 5) is 14.0. The second-order valence-electron chi connectivity index (χ2n) is 6.57. The van der Waals surface area contributed by atoms with Gasteiger partial charge in [0.25, 0.3) is 10.0 Å². The van der Waals surface area contributed by atoms with Crippen LogP contribution < -0.4 is 9.62 Å². The predicted octanol–water partition coefficient (Wildman–Crippen LogP) is 3.16. The lowest BCUT2D eigenvalue weighted by Crippen LogP contribution is -2.32. The Labute approximate surface area is 149 Å². The van der Waals surface area contributed by atoms with E-state index in [1.165, 1.54) is 12.1 Å². The third kappa shape index (κ3) is 2.56. The van der Waals surface area contributed by atoms with Crippen molar-refractivity contribution in [2.45, 2.75) is 30.6 Å². The highest BCUT2D eigenvalue weighted by atomic mass is 32.2. The minimum atomic E-state index is -4.13. The molecular formula is C18H16F2N2O3S. The number of nitrogens with zero attached hydrogens (tertiary/aromatic N) is 1. The van der Waals surface area contributed by atoms with Crippen LogP contribution in [0.25, 0.3) is 0 Å². The van der Waals surface area contributed by atoms with E-state index in [1.54, 1.807) is 11.8 Å². The summed E-state index contributed by atoms with van der Waals surface area (Å²) in [5.74, 6) is -2.09. The lowest BCUT2D eigenvalue weighted by molar-refractivity contribution is -0.119. The molecule has 2 aliphatic heterocycles. The van der Waals surface area contributed by atoms with Crippen LogP contribution >= 0.6 is 0 Å². The first-order valence-corrected chi connectivity index (χ1v) is 9.72. The second-order valence-corrected chi connectivity index (χ2v) is 8.25. The first-order chi connectivity index (χ1) is 12.3. The molecule has 1 atom stereocenters. The van der Waals surface area contributed by atoms with Crippen molar-refractivity contribution in [3.8, 4) is 0 Å². The van der Waals surface area contributed by atoms with E-state index in [-0.39, 0.29) is 10.8 Å². The van der Waals surface area contributed by atoms with Gasteiger partial charge in [-0.2, -0.15) is 0 Å². The summed E-state index contributed by atoms with van der Waals surface area (Å²) in [5, 5.41) is 0. The number of nitrogens with one attached hydrogen (secondary N) is 1. The molecule has 2 aromatic rings. The molecule has 0 aromatic heterocycles. The SMILES string of the molecule is C[C@@H]1C(=O)N2CCCc3cc(S(=O)(=O)Nc4cc(F)ccc4F)cc1c32. The number of aryl methyl sites for hydroxylation is 1. The van der Waals surface area contributed by atoms with Crippen LogP contribution in [0.1, 0.15) is 30.4 Å². The summed E-state index contributed by atoms with van der Waals surface area (Å²) < 4.78 is 54.7. The smallest absolute Gasteiger partial charge is 0.262 e. The van der Waals surface area contributed by atoms with Crippen LogP contribution in [0, 0.1) is 11.6 Å². The van der Waals surface area contributed by atoms with Gasteiger partial charge in [-0.05, 0) is 55.2 Å². The Morgan fingerprint density at radius 3 is 2.73 bits per heavy atom. The molecule has 0 aliphatic carbocycles. The number of carbonyl (C=O) groups is 1.